The van der Waals surface area contributed by atoms with Crippen molar-refractivity contribution in [3.05, 3.63) is 40.0 Å². The second-order valence-corrected chi connectivity index (χ2v) is 8.03. The molecule has 0 radical (unpaired) electrons. The number of thiazole rings is 1. The molecule has 3 heterocycles. The Morgan fingerprint density at radius 3 is 2.83 bits per heavy atom. The maximum atomic E-state index is 5.59. The Morgan fingerprint density at radius 1 is 1.31 bits per heavy atom. The second kappa shape index (κ2) is 12.3. The first-order valence-corrected chi connectivity index (χ1v) is 10.7. The third kappa shape index (κ3) is 7.38. The number of hydrogen-bond acceptors (Lipinski definition) is 6. The summed E-state index contributed by atoms with van der Waals surface area (Å²) in [5.74, 6) is 1.80. The molecule has 0 saturated carbocycles. The van der Waals surface area contributed by atoms with Gasteiger partial charge in [-0.3, -0.25) is 4.99 Å². The molecule has 1 saturated heterocycles. The van der Waals surface area contributed by atoms with Crippen LogP contribution in [0.4, 0.5) is 5.82 Å². The molecule has 0 aromatic carbocycles. The van der Waals surface area contributed by atoms with E-state index in [9.17, 15) is 0 Å². The van der Waals surface area contributed by atoms with Crippen LogP contribution < -0.4 is 15.5 Å². The maximum absolute atomic E-state index is 5.59. The number of aliphatic imine (C=N–C) groups is 1. The highest BCUT2D eigenvalue weighted by molar-refractivity contribution is 14.0. The lowest BCUT2D eigenvalue weighted by atomic mass is 10.2. The average Bonchev–Trinajstić information content (AvgIpc) is 3.19. The van der Waals surface area contributed by atoms with Gasteiger partial charge < -0.3 is 20.3 Å². The molecule has 7 nitrogen and oxygen atoms in total. The van der Waals surface area contributed by atoms with E-state index in [4.69, 9.17) is 4.74 Å². The minimum absolute atomic E-state index is 0. The van der Waals surface area contributed by atoms with Crippen LogP contribution in [0, 0.1) is 0 Å². The summed E-state index contributed by atoms with van der Waals surface area (Å²) in [4.78, 5) is 17.0. The summed E-state index contributed by atoms with van der Waals surface area (Å²) >= 11 is 1.78. The molecular weight excluding hydrogens is 499 g/mol. The Balaban J connectivity index is 0.00000300. The van der Waals surface area contributed by atoms with E-state index in [0.717, 1.165) is 61.4 Å². The quantitative estimate of drug-likeness (QED) is 0.326. The number of nitrogens with one attached hydrogen (secondary N) is 2. The van der Waals surface area contributed by atoms with Gasteiger partial charge >= 0.3 is 0 Å². The first-order chi connectivity index (χ1) is 13.7. The molecule has 2 aromatic rings. The van der Waals surface area contributed by atoms with Crippen molar-refractivity contribution in [3.8, 4) is 0 Å². The Kier molecular flexibility index (Phi) is 10.1. The molecule has 1 unspecified atom stereocenters. The number of pyridine rings is 1. The Hall–Kier alpha value is -1.46. The van der Waals surface area contributed by atoms with E-state index in [2.05, 4.69) is 56.5 Å². The lowest BCUT2D eigenvalue weighted by Gasteiger charge is -2.32. The number of morpholine rings is 1. The second-order valence-electron chi connectivity index (χ2n) is 6.83. The van der Waals surface area contributed by atoms with E-state index in [-0.39, 0.29) is 30.1 Å². The van der Waals surface area contributed by atoms with Gasteiger partial charge in [-0.15, -0.1) is 35.3 Å². The molecule has 1 fully saturated rings. The minimum atomic E-state index is 0. The van der Waals surface area contributed by atoms with Crippen LogP contribution in [-0.2, 0) is 24.1 Å². The summed E-state index contributed by atoms with van der Waals surface area (Å²) in [6, 6.07) is 4.20. The molecule has 2 N–H and O–H groups in total. The number of aromatic nitrogens is 2. The van der Waals surface area contributed by atoms with Crippen LogP contribution in [0.25, 0.3) is 0 Å². The van der Waals surface area contributed by atoms with Crippen molar-refractivity contribution in [1.82, 2.24) is 20.6 Å². The lowest BCUT2D eigenvalue weighted by Crippen LogP contribution is -2.41. The molecule has 1 atom stereocenters. The fourth-order valence-electron chi connectivity index (χ4n) is 3.06. The van der Waals surface area contributed by atoms with Crippen LogP contribution in [0.15, 0.2) is 29.5 Å². The molecule has 29 heavy (non-hydrogen) atoms. The van der Waals surface area contributed by atoms with Gasteiger partial charge in [0, 0.05) is 56.9 Å². The van der Waals surface area contributed by atoms with Crippen molar-refractivity contribution >= 4 is 47.1 Å². The fourth-order valence-corrected chi connectivity index (χ4v) is 3.92. The van der Waals surface area contributed by atoms with E-state index in [1.165, 1.54) is 4.88 Å². The number of hydrogen-bond donors (Lipinski definition) is 2. The molecule has 1 aliphatic rings. The highest BCUT2D eigenvalue weighted by Gasteiger charge is 2.17. The summed E-state index contributed by atoms with van der Waals surface area (Å²) in [6.45, 7) is 8.29. The fraction of sp³-hybridized carbons (Fsp3) is 0.550. The smallest absolute Gasteiger partial charge is 0.191 e. The summed E-state index contributed by atoms with van der Waals surface area (Å²) in [5, 5.41) is 7.85. The van der Waals surface area contributed by atoms with Crippen LogP contribution in [0.3, 0.4) is 0 Å². The van der Waals surface area contributed by atoms with E-state index < -0.39 is 0 Å². The Bertz CT molecular complexity index is 767. The molecule has 1 aliphatic heterocycles. The van der Waals surface area contributed by atoms with Gasteiger partial charge in [0.05, 0.1) is 17.7 Å². The van der Waals surface area contributed by atoms with E-state index in [1.807, 2.05) is 12.4 Å². The van der Waals surface area contributed by atoms with E-state index in [1.54, 1.807) is 18.4 Å². The minimum Gasteiger partial charge on any atom is -0.375 e. The van der Waals surface area contributed by atoms with E-state index in [0.29, 0.717) is 6.54 Å². The number of aryl methyl sites for hydroxylation is 1. The van der Waals surface area contributed by atoms with Gasteiger partial charge in [-0.1, -0.05) is 13.0 Å². The molecule has 3 rings (SSSR count). The van der Waals surface area contributed by atoms with Crippen molar-refractivity contribution in [2.24, 2.45) is 4.99 Å². The lowest BCUT2D eigenvalue weighted by molar-refractivity contribution is 0.0529. The number of guanidine groups is 1. The first-order valence-electron chi connectivity index (χ1n) is 9.87. The molecule has 0 bridgehead atoms. The molecular formula is C20H31IN6OS. The van der Waals surface area contributed by atoms with Crippen molar-refractivity contribution in [1.29, 1.82) is 0 Å². The number of halogens is 1. The molecule has 0 amide bonds. The molecule has 2 aromatic heterocycles. The Labute approximate surface area is 194 Å². The van der Waals surface area contributed by atoms with E-state index >= 15 is 0 Å². The normalized spacial score (nSPS) is 17.0. The molecule has 9 heteroatoms. The summed E-state index contributed by atoms with van der Waals surface area (Å²) in [6.07, 6.45) is 6.11. The van der Waals surface area contributed by atoms with Crippen molar-refractivity contribution in [3.63, 3.8) is 0 Å². The van der Waals surface area contributed by atoms with Gasteiger partial charge in [0.25, 0.3) is 0 Å². The van der Waals surface area contributed by atoms with Gasteiger partial charge in [0.2, 0.25) is 0 Å². The maximum Gasteiger partial charge on any atom is 0.191 e. The van der Waals surface area contributed by atoms with Crippen molar-refractivity contribution < 1.29 is 4.74 Å². The monoisotopic (exact) mass is 530 g/mol. The molecule has 0 aliphatic carbocycles. The number of nitrogens with zero attached hydrogens (tertiary/aromatic N) is 4. The van der Waals surface area contributed by atoms with Crippen LogP contribution in [0.1, 0.15) is 29.3 Å². The predicted molar refractivity (Wildman–Crippen MR) is 131 cm³/mol. The third-order valence-corrected chi connectivity index (χ3v) is 5.84. The van der Waals surface area contributed by atoms with Crippen LogP contribution in [0.2, 0.25) is 0 Å². The van der Waals surface area contributed by atoms with Gasteiger partial charge in [0.1, 0.15) is 5.82 Å². The summed E-state index contributed by atoms with van der Waals surface area (Å²) in [7, 11) is 1.79. The SMILES string of the molecule is CCc1cnc(CCNC(=NC)NCc2ccc(N3CCOC(C)C3)nc2)s1.I. The summed E-state index contributed by atoms with van der Waals surface area (Å²) in [5.41, 5.74) is 1.13. The number of rotatable bonds is 7. The van der Waals surface area contributed by atoms with Crippen molar-refractivity contribution in [2.45, 2.75) is 39.3 Å². The van der Waals surface area contributed by atoms with Crippen LogP contribution in [0.5, 0.6) is 0 Å². The first kappa shape index (κ1) is 23.8. The molecule has 0 spiro atoms. The predicted octanol–water partition coefficient (Wildman–Crippen LogP) is 2.85. The zero-order valence-electron chi connectivity index (χ0n) is 17.4. The van der Waals surface area contributed by atoms with Crippen LogP contribution >= 0.6 is 35.3 Å². The number of ether oxygens (including phenoxy) is 1. The highest BCUT2D eigenvalue weighted by Crippen LogP contribution is 2.15. The topological polar surface area (TPSA) is 74.7 Å². The summed E-state index contributed by atoms with van der Waals surface area (Å²) < 4.78 is 5.59. The highest BCUT2D eigenvalue weighted by atomic mass is 127. The van der Waals surface area contributed by atoms with Gasteiger partial charge in [0.15, 0.2) is 5.96 Å². The van der Waals surface area contributed by atoms with Crippen molar-refractivity contribution in [2.75, 3.05) is 38.2 Å². The zero-order chi connectivity index (χ0) is 19.8. The Morgan fingerprint density at radius 2 is 2.17 bits per heavy atom. The van der Waals surface area contributed by atoms with Gasteiger partial charge in [-0.25, -0.2) is 9.97 Å². The standard InChI is InChI=1S/C20H30N6OS.HI/c1-4-17-13-24-19(28-17)7-8-22-20(21-3)25-12-16-5-6-18(23-11-16)26-9-10-27-15(2)14-26;/h5-6,11,13,15H,4,7-10,12,14H2,1-3H3,(H2,21,22,25);1H. The molecule has 160 valence electrons. The third-order valence-electron chi connectivity index (χ3n) is 4.64. The zero-order valence-corrected chi connectivity index (χ0v) is 20.5. The average molecular weight is 530 g/mol. The van der Waals surface area contributed by atoms with Crippen LogP contribution in [-0.4, -0.2) is 55.3 Å². The number of anilines is 1. The van der Waals surface area contributed by atoms with Gasteiger partial charge in [-0.05, 0) is 25.0 Å². The largest absolute Gasteiger partial charge is 0.375 e. The van der Waals surface area contributed by atoms with Gasteiger partial charge in [-0.2, -0.15) is 0 Å².